The highest BCUT2D eigenvalue weighted by atomic mass is 16.5. The molecule has 0 atom stereocenters. The van der Waals surface area contributed by atoms with Gasteiger partial charge in [-0.2, -0.15) is 0 Å². The smallest absolute Gasteiger partial charge is 0.232 e. The van der Waals surface area contributed by atoms with E-state index in [1.165, 1.54) is 12.8 Å². The van der Waals surface area contributed by atoms with Crippen LogP contribution in [0.3, 0.4) is 0 Å². The number of ether oxygens (including phenoxy) is 1. The van der Waals surface area contributed by atoms with E-state index in [9.17, 15) is 4.79 Å². The molecule has 2 heterocycles. The molecule has 1 aromatic rings. The highest BCUT2D eigenvalue weighted by Gasteiger charge is 2.35. The average molecular weight is 330 g/mol. The SMILES string of the molecule is CC(C)(C(=O)N1CCN(CC2CCOCC2)CC1)c1ccccc1. The first-order valence-electron chi connectivity index (χ1n) is 9.22. The van der Waals surface area contributed by atoms with Crippen LogP contribution < -0.4 is 0 Å². The number of carbonyl (C=O) groups excluding carboxylic acids is 1. The molecule has 2 saturated heterocycles. The Morgan fingerprint density at radius 2 is 1.71 bits per heavy atom. The second-order valence-corrected chi connectivity index (χ2v) is 7.64. The summed E-state index contributed by atoms with van der Waals surface area (Å²) in [6, 6.07) is 10.1. The van der Waals surface area contributed by atoms with Crippen LogP contribution in [-0.4, -0.2) is 61.6 Å². The molecule has 0 saturated carbocycles. The largest absolute Gasteiger partial charge is 0.381 e. The fourth-order valence-corrected chi connectivity index (χ4v) is 3.80. The van der Waals surface area contributed by atoms with Gasteiger partial charge in [-0.3, -0.25) is 9.69 Å². The van der Waals surface area contributed by atoms with Crippen molar-refractivity contribution in [3.05, 3.63) is 35.9 Å². The molecule has 0 spiro atoms. The molecule has 0 unspecified atom stereocenters. The van der Waals surface area contributed by atoms with Crippen molar-refractivity contribution in [1.82, 2.24) is 9.80 Å². The van der Waals surface area contributed by atoms with E-state index in [2.05, 4.69) is 17.0 Å². The standard InChI is InChI=1S/C20H30N2O2/c1-20(2,18-6-4-3-5-7-18)19(23)22-12-10-21(11-13-22)16-17-8-14-24-15-9-17/h3-7,17H,8-16H2,1-2H3. The van der Waals surface area contributed by atoms with Gasteiger partial charge in [0.05, 0.1) is 5.41 Å². The van der Waals surface area contributed by atoms with Crippen molar-refractivity contribution in [2.45, 2.75) is 32.1 Å². The maximum atomic E-state index is 13.0. The quantitative estimate of drug-likeness (QED) is 0.850. The highest BCUT2D eigenvalue weighted by molar-refractivity contribution is 5.87. The maximum absolute atomic E-state index is 13.0. The number of nitrogens with zero attached hydrogens (tertiary/aromatic N) is 2. The molecule has 2 fully saturated rings. The van der Waals surface area contributed by atoms with Crippen molar-refractivity contribution in [2.75, 3.05) is 45.9 Å². The fourth-order valence-electron chi connectivity index (χ4n) is 3.80. The molecule has 132 valence electrons. The Kier molecular flexibility index (Phi) is 5.57. The summed E-state index contributed by atoms with van der Waals surface area (Å²) in [7, 11) is 0. The van der Waals surface area contributed by atoms with Gasteiger partial charge in [-0.05, 0) is 38.2 Å². The molecule has 0 bridgehead atoms. The van der Waals surface area contributed by atoms with Crippen LogP contribution in [-0.2, 0) is 14.9 Å². The van der Waals surface area contributed by atoms with Crippen LogP contribution in [0.2, 0.25) is 0 Å². The van der Waals surface area contributed by atoms with Crippen LogP contribution in [0.25, 0.3) is 0 Å². The zero-order valence-electron chi connectivity index (χ0n) is 15.0. The topological polar surface area (TPSA) is 32.8 Å². The zero-order chi connectivity index (χ0) is 17.0. The van der Waals surface area contributed by atoms with E-state index in [0.29, 0.717) is 0 Å². The van der Waals surface area contributed by atoms with Gasteiger partial charge in [0.1, 0.15) is 0 Å². The van der Waals surface area contributed by atoms with Gasteiger partial charge < -0.3 is 9.64 Å². The van der Waals surface area contributed by atoms with Gasteiger partial charge in [0.2, 0.25) is 5.91 Å². The Morgan fingerprint density at radius 1 is 1.08 bits per heavy atom. The Balaban J connectivity index is 1.53. The Morgan fingerprint density at radius 3 is 2.33 bits per heavy atom. The van der Waals surface area contributed by atoms with Gasteiger partial charge in [0.15, 0.2) is 0 Å². The molecule has 24 heavy (non-hydrogen) atoms. The molecule has 1 aromatic carbocycles. The molecule has 2 aliphatic rings. The number of rotatable bonds is 4. The fraction of sp³-hybridized carbons (Fsp3) is 0.650. The lowest BCUT2D eigenvalue weighted by Crippen LogP contribution is -2.53. The highest BCUT2D eigenvalue weighted by Crippen LogP contribution is 2.26. The minimum Gasteiger partial charge on any atom is -0.381 e. The van der Waals surface area contributed by atoms with Crippen molar-refractivity contribution >= 4 is 5.91 Å². The van der Waals surface area contributed by atoms with Crippen molar-refractivity contribution in [2.24, 2.45) is 5.92 Å². The summed E-state index contributed by atoms with van der Waals surface area (Å²) in [5.41, 5.74) is 0.643. The van der Waals surface area contributed by atoms with Crippen molar-refractivity contribution in [1.29, 1.82) is 0 Å². The van der Waals surface area contributed by atoms with Gasteiger partial charge in [-0.25, -0.2) is 0 Å². The van der Waals surface area contributed by atoms with Gasteiger partial charge in [0, 0.05) is 45.9 Å². The predicted molar refractivity (Wildman–Crippen MR) is 96.0 cm³/mol. The summed E-state index contributed by atoms with van der Waals surface area (Å²) >= 11 is 0. The van der Waals surface area contributed by atoms with E-state index in [1.807, 2.05) is 36.9 Å². The Labute approximate surface area is 145 Å². The van der Waals surface area contributed by atoms with Crippen molar-refractivity contribution in [3.8, 4) is 0 Å². The van der Waals surface area contributed by atoms with Crippen LogP contribution in [0.5, 0.6) is 0 Å². The van der Waals surface area contributed by atoms with Crippen LogP contribution >= 0.6 is 0 Å². The third-order valence-electron chi connectivity index (χ3n) is 5.55. The summed E-state index contributed by atoms with van der Waals surface area (Å²) in [5, 5.41) is 0. The van der Waals surface area contributed by atoms with E-state index in [0.717, 1.165) is 57.4 Å². The molecule has 4 nitrogen and oxygen atoms in total. The lowest BCUT2D eigenvalue weighted by Gasteiger charge is -2.40. The number of hydrogen-bond acceptors (Lipinski definition) is 3. The molecule has 0 aliphatic carbocycles. The summed E-state index contributed by atoms with van der Waals surface area (Å²) in [5.74, 6) is 1.01. The monoisotopic (exact) mass is 330 g/mol. The van der Waals surface area contributed by atoms with Gasteiger partial charge in [-0.1, -0.05) is 30.3 Å². The summed E-state index contributed by atoms with van der Waals surface area (Å²) in [6.07, 6.45) is 2.36. The molecule has 4 heteroatoms. The lowest BCUT2D eigenvalue weighted by atomic mass is 9.83. The number of amides is 1. The van der Waals surface area contributed by atoms with E-state index in [4.69, 9.17) is 4.74 Å². The lowest BCUT2D eigenvalue weighted by molar-refractivity contribution is -0.138. The minimum absolute atomic E-state index is 0.249. The number of piperazine rings is 1. The van der Waals surface area contributed by atoms with Crippen LogP contribution in [0.15, 0.2) is 30.3 Å². The van der Waals surface area contributed by atoms with E-state index in [1.54, 1.807) is 0 Å². The molecule has 2 aliphatic heterocycles. The second-order valence-electron chi connectivity index (χ2n) is 7.64. The molecular formula is C20H30N2O2. The number of hydrogen-bond donors (Lipinski definition) is 0. The maximum Gasteiger partial charge on any atom is 0.232 e. The third kappa shape index (κ3) is 3.98. The Hall–Kier alpha value is -1.39. The average Bonchev–Trinajstić information content (AvgIpc) is 2.63. The van der Waals surface area contributed by atoms with E-state index >= 15 is 0 Å². The normalized spacial score (nSPS) is 21.0. The molecule has 3 rings (SSSR count). The summed E-state index contributed by atoms with van der Waals surface area (Å²) in [4.78, 5) is 17.6. The summed E-state index contributed by atoms with van der Waals surface area (Å²) < 4.78 is 5.45. The number of carbonyl (C=O) groups is 1. The van der Waals surface area contributed by atoms with Gasteiger partial charge >= 0.3 is 0 Å². The van der Waals surface area contributed by atoms with Crippen LogP contribution in [0, 0.1) is 5.92 Å². The molecule has 1 amide bonds. The third-order valence-corrected chi connectivity index (χ3v) is 5.55. The first-order valence-corrected chi connectivity index (χ1v) is 9.22. The second kappa shape index (κ2) is 7.66. The zero-order valence-corrected chi connectivity index (χ0v) is 15.0. The predicted octanol–water partition coefficient (Wildman–Crippen LogP) is 2.54. The molecular weight excluding hydrogens is 300 g/mol. The van der Waals surface area contributed by atoms with Crippen LogP contribution in [0.4, 0.5) is 0 Å². The van der Waals surface area contributed by atoms with Crippen LogP contribution in [0.1, 0.15) is 32.3 Å². The molecule has 0 N–H and O–H groups in total. The van der Waals surface area contributed by atoms with Gasteiger partial charge in [-0.15, -0.1) is 0 Å². The first-order chi connectivity index (χ1) is 11.6. The Bertz CT molecular complexity index is 530. The number of benzene rings is 1. The van der Waals surface area contributed by atoms with Crippen molar-refractivity contribution < 1.29 is 9.53 Å². The first kappa shape index (κ1) is 17.4. The van der Waals surface area contributed by atoms with Gasteiger partial charge in [0.25, 0.3) is 0 Å². The summed E-state index contributed by atoms with van der Waals surface area (Å²) in [6.45, 7) is 10.7. The molecule has 0 aromatic heterocycles. The van der Waals surface area contributed by atoms with Crippen molar-refractivity contribution in [3.63, 3.8) is 0 Å². The molecule has 0 radical (unpaired) electrons. The van der Waals surface area contributed by atoms with E-state index in [-0.39, 0.29) is 5.91 Å². The minimum atomic E-state index is -0.454. The van der Waals surface area contributed by atoms with E-state index < -0.39 is 5.41 Å².